The first-order chi connectivity index (χ1) is 13.7. The van der Waals surface area contributed by atoms with Crippen molar-refractivity contribution in [3.63, 3.8) is 0 Å². The topological polar surface area (TPSA) is 68.8 Å². The van der Waals surface area contributed by atoms with E-state index in [1.54, 1.807) is 6.20 Å². The van der Waals surface area contributed by atoms with Gasteiger partial charge < -0.3 is 9.47 Å². The zero-order valence-corrected chi connectivity index (χ0v) is 16.3. The Balaban J connectivity index is 1.33. The van der Waals surface area contributed by atoms with E-state index < -0.39 is 0 Å². The summed E-state index contributed by atoms with van der Waals surface area (Å²) < 4.78 is 4.04. The van der Waals surface area contributed by atoms with Gasteiger partial charge in [-0.2, -0.15) is 5.10 Å². The van der Waals surface area contributed by atoms with E-state index in [1.807, 2.05) is 34.0 Å². The molecular weight excluding hydrogens is 352 g/mol. The Morgan fingerprint density at radius 1 is 1.14 bits per heavy atom. The van der Waals surface area contributed by atoms with Gasteiger partial charge in [-0.25, -0.2) is 14.6 Å². The number of carbonyl (C=O) groups is 1. The standard InChI is InChI=1S/C21H26N6O/c1-2-19-22-10-13-25(19)12-9-21(28)26-11-8-20-23-18(24-27(20)15-14-26)16-17-6-4-3-5-7-17/h3-7,10,13H,2,8-9,11-12,14-16H2,1H3. The van der Waals surface area contributed by atoms with Crippen LogP contribution >= 0.6 is 0 Å². The van der Waals surface area contributed by atoms with Crippen LogP contribution in [0.4, 0.5) is 0 Å². The molecule has 0 bridgehead atoms. The van der Waals surface area contributed by atoms with Crippen LogP contribution in [0.2, 0.25) is 0 Å². The van der Waals surface area contributed by atoms with Gasteiger partial charge in [-0.05, 0) is 5.56 Å². The lowest BCUT2D eigenvalue weighted by atomic mass is 10.1. The van der Waals surface area contributed by atoms with Crippen molar-refractivity contribution in [1.29, 1.82) is 0 Å². The first-order valence-corrected chi connectivity index (χ1v) is 9.97. The van der Waals surface area contributed by atoms with Crippen LogP contribution in [0.1, 0.15) is 36.4 Å². The van der Waals surface area contributed by atoms with Crippen molar-refractivity contribution >= 4 is 5.91 Å². The molecule has 1 aromatic carbocycles. The lowest BCUT2D eigenvalue weighted by Gasteiger charge is -2.20. The fourth-order valence-corrected chi connectivity index (χ4v) is 3.69. The molecule has 28 heavy (non-hydrogen) atoms. The Morgan fingerprint density at radius 2 is 2.00 bits per heavy atom. The zero-order chi connectivity index (χ0) is 19.3. The van der Waals surface area contributed by atoms with Crippen LogP contribution in [0, 0.1) is 0 Å². The molecule has 0 spiro atoms. The molecule has 3 aromatic rings. The summed E-state index contributed by atoms with van der Waals surface area (Å²) in [6, 6.07) is 10.3. The van der Waals surface area contributed by atoms with Crippen molar-refractivity contribution < 1.29 is 4.79 Å². The fraction of sp³-hybridized carbons (Fsp3) is 0.429. The molecule has 1 aliphatic heterocycles. The Bertz CT molecular complexity index is 904. The summed E-state index contributed by atoms with van der Waals surface area (Å²) in [5.41, 5.74) is 1.21. The summed E-state index contributed by atoms with van der Waals surface area (Å²) >= 11 is 0. The van der Waals surface area contributed by atoms with E-state index in [2.05, 4.69) is 33.7 Å². The van der Waals surface area contributed by atoms with Gasteiger partial charge in [0.15, 0.2) is 5.82 Å². The molecule has 1 amide bonds. The van der Waals surface area contributed by atoms with Gasteiger partial charge in [0.2, 0.25) is 5.91 Å². The molecular formula is C21H26N6O. The highest BCUT2D eigenvalue weighted by atomic mass is 16.2. The van der Waals surface area contributed by atoms with Crippen LogP contribution in [0.25, 0.3) is 0 Å². The van der Waals surface area contributed by atoms with Crippen molar-refractivity contribution in [2.45, 2.75) is 45.7 Å². The number of carbonyl (C=O) groups excluding carboxylic acids is 1. The van der Waals surface area contributed by atoms with E-state index in [-0.39, 0.29) is 5.91 Å². The number of aromatic nitrogens is 5. The van der Waals surface area contributed by atoms with Gasteiger partial charge in [0.05, 0.1) is 6.54 Å². The molecule has 7 nitrogen and oxygen atoms in total. The Morgan fingerprint density at radius 3 is 2.82 bits per heavy atom. The highest BCUT2D eigenvalue weighted by molar-refractivity contribution is 5.76. The quantitative estimate of drug-likeness (QED) is 0.659. The molecule has 0 fully saturated rings. The van der Waals surface area contributed by atoms with Crippen molar-refractivity contribution in [3.05, 3.63) is 65.8 Å². The number of amides is 1. The average Bonchev–Trinajstić information content (AvgIpc) is 3.28. The number of benzene rings is 1. The molecule has 0 saturated carbocycles. The summed E-state index contributed by atoms with van der Waals surface area (Å²) in [5, 5.41) is 4.66. The number of aryl methyl sites for hydroxylation is 2. The van der Waals surface area contributed by atoms with Crippen molar-refractivity contribution in [2.75, 3.05) is 13.1 Å². The summed E-state index contributed by atoms with van der Waals surface area (Å²) in [4.78, 5) is 23.6. The summed E-state index contributed by atoms with van der Waals surface area (Å²) in [6.45, 7) is 4.85. The van der Waals surface area contributed by atoms with Gasteiger partial charge in [0.25, 0.3) is 0 Å². The number of fused-ring (bicyclic) bond motifs is 1. The minimum absolute atomic E-state index is 0.186. The molecule has 146 valence electrons. The molecule has 3 heterocycles. The molecule has 7 heteroatoms. The third-order valence-corrected chi connectivity index (χ3v) is 5.22. The fourth-order valence-electron chi connectivity index (χ4n) is 3.69. The lowest BCUT2D eigenvalue weighted by Crippen LogP contribution is -2.34. The average molecular weight is 378 g/mol. The number of hydrogen-bond acceptors (Lipinski definition) is 4. The van der Waals surface area contributed by atoms with Gasteiger partial charge in [-0.15, -0.1) is 0 Å². The monoisotopic (exact) mass is 378 g/mol. The molecule has 2 aromatic heterocycles. The third-order valence-electron chi connectivity index (χ3n) is 5.22. The van der Waals surface area contributed by atoms with E-state index in [4.69, 9.17) is 4.98 Å². The molecule has 4 rings (SSSR count). The predicted octanol–water partition coefficient (Wildman–Crippen LogP) is 2.10. The Labute approximate surface area is 165 Å². The second kappa shape index (κ2) is 8.37. The SMILES string of the molecule is CCc1nccn1CCC(=O)N1CCc2nc(Cc3ccccc3)nn2CC1. The normalized spacial score (nSPS) is 14.0. The van der Waals surface area contributed by atoms with Gasteiger partial charge in [0.1, 0.15) is 11.6 Å². The minimum Gasteiger partial charge on any atom is -0.340 e. The van der Waals surface area contributed by atoms with E-state index in [9.17, 15) is 4.79 Å². The van der Waals surface area contributed by atoms with Crippen LogP contribution in [-0.2, 0) is 37.1 Å². The van der Waals surface area contributed by atoms with Crippen molar-refractivity contribution in [2.24, 2.45) is 0 Å². The van der Waals surface area contributed by atoms with Crippen molar-refractivity contribution in [1.82, 2.24) is 29.2 Å². The maximum atomic E-state index is 12.7. The lowest BCUT2D eigenvalue weighted by molar-refractivity contribution is -0.131. The second-order valence-electron chi connectivity index (χ2n) is 7.10. The number of hydrogen-bond donors (Lipinski definition) is 0. The van der Waals surface area contributed by atoms with E-state index in [0.717, 1.165) is 36.7 Å². The largest absolute Gasteiger partial charge is 0.340 e. The minimum atomic E-state index is 0.186. The smallest absolute Gasteiger partial charge is 0.224 e. The van der Waals surface area contributed by atoms with Gasteiger partial charge in [0, 0.05) is 57.7 Å². The Kier molecular flexibility index (Phi) is 5.50. The molecule has 0 N–H and O–H groups in total. The third kappa shape index (κ3) is 4.13. The van der Waals surface area contributed by atoms with Gasteiger partial charge in [-0.1, -0.05) is 37.3 Å². The van der Waals surface area contributed by atoms with E-state index in [0.29, 0.717) is 32.6 Å². The maximum absolute atomic E-state index is 12.7. The number of nitrogens with zero attached hydrogens (tertiary/aromatic N) is 6. The highest BCUT2D eigenvalue weighted by Gasteiger charge is 2.21. The van der Waals surface area contributed by atoms with Crippen LogP contribution in [0.3, 0.4) is 0 Å². The summed E-state index contributed by atoms with van der Waals surface area (Å²) in [5.74, 6) is 3.04. The summed E-state index contributed by atoms with van der Waals surface area (Å²) in [7, 11) is 0. The molecule has 1 aliphatic rings. The molecule has 0 unspecified atom stereocenters. The summed E-state index contributed by atoms with van der Waals surface area (Å²) in [6.07, 6.45) is 6.61. The van der Waals surface area contributed by atoms with E-state index >= 15 is 0 Å². The molecule has 0 aliphatic carbocycles. The van der Waals surface area contributed by atoms with E-state index in [1.165, 1.54) is 5.56 Å². The first kappa shape index (κ1) is 18.4. The zero-order valence-electron chi connectivity index (χ0n) is 16.3. The molecule has 0 radical (unpaired) electrons. The number of imidazole rings is 1. The highest BCUT2D eigenvalue weighted by Crippen LogP contribution is 2.12. The predicted molar refractivity (Wildman–Crippen MR) is 106 cm³/mol. The first-order valence-electron chi connectivity index (χ1n) is 9.97. The second-order valence-corrected chi connectivity index (χ2v) is 7.10. The Hall–Kier alpha value is -2.96. The van der Waals surface area contributed by atoms with Gasteiger partial charge >= 0.3 is 0 Å². The molecule has 0 atom stereocenters. The number of rotatable bonds is 6. The molecule has 0 saturated heterocycles. The van der Waals surface area contributed by atoms with Crippen molar-refractivity contribution in [3.8, 4) is 0 Å². The maximum Gasteiger partial charge on any atom is 0.224 e. The van der Waals surface area contributed by atoms with Crippen LogP contribution in [0.15, 0.2) is 42.7 Å². The van der Waals surface area contributed by atoms with Crippen LogP contribution in [-0.4, -0.2) is 48.2 Å². The van der Waals surface area contributed by atoms with Gasteiger partial charge in [-0.3, -0.25) is 4.79 Å². The van der Waals surface area contributed by atoms with Crippen LogP contribution in [0.5, 0.6) is 0 Å². The van der Waals surface area contributed by atoms with Crippen LogP contribution < -0.4 is 0 Å².